The zero-order chi connectivity index (χ0) is 17.8. The summed E-state index contributed by atoms with van der Waals surface area (Å²) in [4.78, 5) is 14.4. The van der Waals surface area contributed by atoms with Gasteiger partial charge in [-0.1, -0.05) is 29.8 Å². The number of halogens is 1. The van der Waals surface area contributed by atoms with Crippen LogP contribution in [0, 0.1) is 0 Å². The smallest absolute Gasteiger partial charge is 0.265 e. The zero-order valence-electron chi connectivity index (χ0n) is 14.2. The number of aliphatic hydroxyl groups is 1. The van der Waals surface area contributed by atoms with Gasteiger partial charge in [0.25, 0.3) is 5.91 Å². The third-order valence-corrected chi connectivity index (χ3v) is 6.12. The highest BCUT2D eigenvalue weighted by molar-refractivity contribution is 7.14. The maximum atomic E-state index is 12.5. The Bertz CT molecular complexity index is 759. The second kappa shape index (κ2) is 8.21. The van der Waals surface area contributed by atoms with Crippen molar-refractivity contribution in [2.24, 2.45) is 0 Å². The van der Waals surface area contributed by atoms with Crippen molar-refractivity contribution >= 4 is 28.8 Å². The standard InChI is InChI=1S/C19H22ClNO3S/c1-24-17-13-7-3-5-9-16(13)25-18(17)19(23)21-11-10-15(22)12-6-2-4-8-14(12)20/h2,4,6,8,15,22H,3,5,7,9-11H2,1H3,(H,21,23). The fourth-order valence-electron chi connectivity index (χ4n) is 3.21. The van der Waals surface area contributed by atoms with Gasteiger partial charge in [0.1, 0.15) is 10.6 Å². The van der Waals surface area contributed by atoms with Gasteiger partial charge < -0.3 is 15.2 Å². The summed E-state index contributed by atoms with van der Waals surface area (Å²) in [5.41, 5.74) is 1.88. The van der Waals surface area contributed by atoms with E-state index < -0.39 is 6.10 Å². The van der Waals surface area contributed by atoms with E-state index in [2.05, 4.69) is 5.32 Å². The van der Waals surface area contributed by atoms with E-state index in [1.54, 1.807) is 19.2 Å². The second-order valence-corrected chi connectivity index (χ2v) is 7.67. The molecular weight excluding hydrogens is 358 g/mol. The Morgan fingerprint density at radius 3 is 2.88 bits per heavy atom. The van der Waals surface area contributed by atoms with Gasteiger partial charge >= 0.3 is 0 Å². The maximum absolute atomic E-state index is 12.5. The number of aliphatic hydroxyl groups excluding tert-OH is 1. The molecular formula is C19H22ClNO3S. The minimum absolute atomic E-state index is 0.136. The number of benzene rings is 1. The lowest BCUT2D eigenvalue weighted by atomic mass is 9.98. The molecule has 1 aliphatic carbocycles. The van der Waals surface area contributed by atoms with Gasteiger partial charge in [0.05, 0.1) is 13.2 Å². The van der Waals surface area contributed by atoms with Crippen molar-refractivity contribution in [1.29, 1.82) is 0 Å². The monoisotopic (exact) mass is 379 g/mol. The number of thiophene rings is 1. The van der Waals surface area contributed by atoms with Crippen LogP contribution in [0.15, 0.2) is 24.3 Å². The summed E-state index contributed by atoms with van der Waals surface area (Å²) in [6, 6.07) is 7.21. The summed E-state index contributed by atoms with van der Waals surface area (Å²) in [5.74, 6) is 0.589. The molecule has 1 aromatic heterocycles. The molecule has 0 spiro atoms. The van der Waals surface area contributed by atoms with Gasteiger partial charge in [-0.15, -0.1) is 11.3 Å². The van der Waals surface area contributed by atoms with Crippen molar-refractivity contribution < 1.29 is 14.6 Å². The van der Waals surface area contributed by atoms with Crippen molar-refractivity contribution in [3.05, 3.63) is 50.2 Å². The average molecular weight is 380 g/mol. The Balaban J connectivity index is 1.62. The van der Waals surface area contributed by atoms with Gasteiger partial charge in [-0.05, 0) is 43.7 Å². The first-order valence-corrected chi connectivity index (χ1v) is 9.70. The number of methoxy groups -OCH3 is 1. The van der Waals surface area contributed by atoms with E-state index in [-0.39, 0.29) is 5.91 Å². The second-order valence-electron chi connectivity index (χ2n) is 6.16. The van der Waals surface area contributed by atoms with Crippen molar-refractivity contribution in [2.75, 3.05) is 13.7 Å². The largest absolute Gasteiger partial charge is 0.495 e. The van der Waals surface area contributed by atoms with Crippen LogP contribution >= 0.6 is 22.9 Å². The van der Waals surface area contributed by atoms with E-state index in [0.29, 0.717) is 28.4 Å². The number of amides is 1. The normalized spacial score (nSPS) is 14.7. The number of aryl methyl sites for hydroxylation is 1. The van der Waals surface area contributed by atoms with Crippen molar-refractivity contribution in [1.82, 2.24) is 5.32 Å². The summed E-state index contributed by atoms with van der Waals surface area (Å²) >= 11 is 7.62. The molecule has 1 aromatic carbocycles. The number of rotatable bonds is 6. The molecule has 4 nitrogen and oxygen atoms in total. The highest BCUT2D eigenvalue weighted by Crippen LogP contribution is 2.39. The van der Waals surface area contributed by atoms with Crippen molar-refractivity contribution in [3.63, 3.8) is 0 Å². The molecule has 1 amide bonds. The third-order valence-electron chi connectivity index (χ3n) is 4.50. The molecule has 134 valence electrons. The fraction of sp³-hybridized carbons (Fsp3) is 0.421. The van der Waals surface area contributed by atoms with Crippen LogP contribution in [-0.4, -0.2) is 24.7 Å². The van der Waals surface area contributed by atoms with Gasteiger partial charge in [0, 0.05) is 22.0 Å². The molecule has 0 bridgehead atoms. The molecule has 0 saturated heterocycles. The summed E-state index contributed by atoms with van der Waals surface area (Å²) in [5, 5.41) is 13.7. The third kappa shape index (κ3) is 4.00. The molecule has 0 radical (unpaired) electrons. The van der Waals surface area contributed by atoms with E-state index in [0.717, 1.165) is 25.0 Å². The quantitative estimate of drug-likeness (QED) is 0.792. The van der Waals surface area contributed by atoms with Crippen molar-refractivity contribution in [2.45, 2.75) is 38.2 Å². The van der Waals surface area contributed by atoms with Crippen LogP contribution in [0.1, 0.15) is 51.0 Å². The van der Waals surface area contributed by atoms with E-state index in [1.807, 2.05) is 12.1 Å². The van der Waals surface area contributed by atoms with Crippen LogP contribution in [0.4, 0.5) is 0 Å². The lowest BCUT2D eigenvalue weighted by Crippen LogP contribution is -2.25. The Morgan fingerprint density at radius 2 is 2.12 bits per heavy atom. The highest BCUT2D eigenvalue weighted by Gasteiger charge is 2.25. The molecule has 2 aromatic rings. The number of nitrogens with one attached hydrogen (secondary N) is 1. The Hall–Kier alpha value is -1.56. The van der Waals surface area contributed by atoms with Gasteiger partial charge in [-0.25, -0.2) is 0 Å². The van der Waals surface area contributed by atoms with Crippen LogP contribution in [0.3, 0.4) is 0 Å². The number of carbonyl (C=O) groups excluding carboxylic acids is 1. The molecule has 0 fully saturated rings. The first kappa shape index (κ1) is 18.2. The van der Waals surface area contributed by atoms with E-state index in [4.69, 9.17) is 16.3 Å². The Kier molecular flexibility index (Phi) is 5.99. The lowest BCUT2D eigenvalue weighted by Gasteiger charge is -2.13. The minimum Gasteiger partial charge on any atom is -0.495 e. The van der Waals surface area contributed by atoms with Crippen LogP contribution < -0.4 is 10.1 Å². The zero-order valence-corrected chi connectivity index (χ0v) is 15.8. The van der Waals surface area contributed by atoms with Crippen LogP contribution in [0.25, 0.3) is 0 Å². The fourth-order valence-corrected chi connectivity index (χ4v) is 4.74. The molecule has 1 aliphatic rings. The van der Waals surface area contributed by atoms with Gasteiger partial charge in [-0.2, -0.15) is 0 Å². The predicted octanol–water partition coefficient (Wildman–Crippen LogP) is 4.14. The first-order valence-electron chi connectivity index (χ1n) is 8.51. The number of carbonyl (C=O) groups is 1. The average Bonchev–Trinajstić information content (AvgIpc) is 3.00. The predicted molar refractivity (Wildman–Crippen MR) is 101 cm³/mol. The number of hydrogen-bond donors (Lipinski definition) is 2. The molecule has 0 aliphatic heterocycles. The SMILES string of the molecule is COc1c(C(=O)NCCC(O)c2ccccc2Cl)sc2c1CCCC2. The number of hydrogen-bond acceptors (Lipinski definition) is 4. The molecule has 25 heavy (non-hydrogen) atoms. The molecule has 1 atom stereocenters. The molecule has 3 rings (SSSR count). The van der Waals surface area contributed by atoms with E-state index in [9.17, 15) is 9.90 Å². The Morgan fingerprint density at radius 1 is 1.36 bits per heavy atom. The summed E-state index contributed by atoms with van der Waals surface area (Å²) in [6.45, 7) is 0.372. The minimum atomic E-state index is -0.701. The summed E-state index contributed by atoms with van der Waals surface area (Å²) < 4.78 is 5.50. The molecule has 1 heterocycles. The molecule has 6 heteroatoms. The lowest BCUT2D eigenvalue weighted by molar-refractivity contribution is 0.0944. The highest BCUT2D eigenvalue weighted by atomic mass is 35.5. The summed E-state index contributed by atoms with van der Waals surface area (Å²) in [7, 11) is 1.62. The van der Waals surface area contributed by atoms with E-state index in [1.165, 1.54) is 28.2 Å². The molecule has 2 N–H and O–H groups in total. The van der Waals surface area contributed by atoms with Crippen molar-refractivity contribution in [3.8, 4) is 5.75 Å². The van der Waals surface area contributed by atoms with Gasteiger partial charge in [0.2, 0.25) is 0 Å². The molecule has 0 saturated carbocycles. The maximum Gasteiger partial charge on any atom is 0.265 e. The summed E-state index contributed by atoms with van der Waals surface area (Å²) in [6.07, 6.45) is 4.02. The van der Waals surface area contributed by atoms with E-state index >= 15 is 0 Å². The van der Waals surface area contributed by atoms with Crippen LogP contribution in [-0.2, 0) is 12.8 Å². The van der Waals surface area contributed by atoms with Crippen LogP contribution in [0.5, 0.6) is 5.75 Å². The Labute approximate surface area is 156 Å². The number of fused-ring (bicyclic) bond motifs is 1. The first-order chi connectivity index (χ1) is 12.1. The topological polar surface area (TPSA) is 58.6 Å². The molecule has 1 unspecified atom stereocenters. The van der Waals surface area contributed by atoms with Crippen LogP contribution in [0.2, 0.25) is 5.02 Å². The number of ether oxygens (including phenoxy) is 1. The van der Waals surface area contributed by atoms with Gasteiger partial charge in [-0.3, -0.25) is 4.79 Å². The van der Waals surface area contributed by atoms with Gasteiger partial charge in [0.15, 0.2) is 0 Å².